The lowest BCUT2D eigenvalue weighted by Crippen LogP contribution is -2.12. The number of rotatable bonds is 1. The van der Waals surface area contributed by atoms with Crippen LogP contribution in [-0.2, 0) is 9.98 Å². The lowest BCUT2D eigenvalue weighted by atomic mass is 9.82. The molecule has 0 spiro atoms. The van der Waals surface area contributed by atoms with Crippen LogP contribution >= 0.6 is 7.82 Å². The fourth-order valence-electron chi connectivity index (χ4n) is 2.01. The maximum Gasteiger partial charge on any atom is 0.466 e. The molecule has 0 saturated carbocycles. The molecule has 0 amide bonds. The average Bonchev–Trinajstić information content (AvgIpc) is 2.37. The fraction of sp³-hybridized carbons (Fsp3) is 0.250. The first-order valence-corrected chi connectivity index (χ1v) is 8.09. The van der Waals surface area contributed by atoms with Gasteiger partial charge in [0.1, 0.15) is 0 Å². The average molecular weight is 308 g/mol. The first kappa shape index (κ1) is 17.6. The molecule has 2 aromatic carbocycles. The smallest absolute Gasteiger partial charge is 0.303 e. The topological polar surface area (TPSA) is 77.8 Å². The summed E-state index contributed by atoms with van der Waals surface area (Å²) >= 11 is 0. The predicted molar refractivity (Wildman–Crippen MR) is 84.8 cm³/mol. The Kier molecular flexibility index (Phi) is 5.87. The molecule has 0 unspecified atom stereocenters. The lowest BCUT2D eigenvalue weighted by Gasteiger charge is -2.23. The summed E-state index contributed by atoms with van der Waals surface area (Å²) in [5.41, 5.74) is 4.23. The van der Waals surface area contributed by atoms with Gasteiger partial charge >= 0.3 is 7.82 Å². The zero-order valence-corrected chi connectivity index (χ0v) is 13.3. The Labute approximate surface area is 125 Å². The highest BCUT2D eigenvalue weighted by Gasteiger charge is 2.17. The molecule has 3 N–H and O–H groups in total. The minimum absolute atomic E-state index is 0.187. The van der Waals surface area contributed by atoms with Gasteiger partial charge < -0.3 is 14.7 Å². The summed E-state index contributed by atoms with van der Waals surface area (Å²) in [5.74, 6) is 0. The van der Waals surface area contributed by atoms with E-state index < -0.39 is 7.82 Å². The van der Waals surface area contributed by atoms with Crippen LogP contribution < -0.4 is 0 Å². The Morgan fingerprint density at radius 3 is 1.71 bits per heavy atom. The van der Waals surface area contributed by atoms with Crippen molar-refractivity contribution in [3.8, 4) is 11.1 Å². The van der Waals surface area contributed by atoms with Gasteiger partial charge in [0.15, 0.2) is 0 Å². The van der Waals surface area contributed by atoms with E-state index >= 15 is 0 Å². The zero-order chi connectivity index (χ0) is 16.1. The number of hydrogen-bond donors (Lipinski definition) is 3. The van der Waals surface area contributed by atoms with E-state index in [-0.39, 0.29) is 5.41 Å². The Bertz CT molecular complexity index is 603. The van der Waals surface area contributed by atoms with Crippen molar-refractivity contribution in [3.05, 3.63) is 60.2 Å². The van der Waals surface area contributed by atoms with Crippen molar-refractivity contribution < 1.29 is 19.2 Å². The molecule has 5 heteroatoms. The molecule has 2 rings (SSSR count). The van der Waals surface area contributed by atoms with E-state index in [0.29, 0.717) is 0 Å². The van der Waals surface area contributed by atoms with Gasteiger partial charge in [0.2, 0.25) is 0 Å². The van der Waals surface area contributed by atoms with Crippen molar-refractivity contribution in [1.82, 2.24) is 0 Å². The highest BCUT2D eigenvalue weighted by molar-refractivity contribution is 7.45. The Morgan fingerprint density at radius 2 is 1.24 bits per heavy atom. The first-order chi connectivity index (χ1) is 9.59. The van der Waals surface area contributed by atoms with Crippen molar-refractivity contribution in [2.45, 2.75) is 26.2 Å². The van der Waals surface area contributed by atoms with Crippen LogP contribution in [0.25, 0.3) is 11.1 Å². The molecule has 21 heavy (non-hydrogen) atoms. The number of phosphoric acid groups is 1. The van der Waals surface area contributed by atoms with Crippen LogP contribution in [0.5, 0.6) is 0 Å². The third-order valence-electron chi connectivity index (χ3n) is 2.82. The van der Waals surface area contributed by atoms with Crippen LogP contribution in [0.15, 0.2) is 54.6 Å². The number of benzene rings is 2. The molecule has 0 radical (unpaired) electrons. The highest BCUT2D eigenvalue weighted by atomic mass is 31.2. The van der Waals surface area contributed by atoms with Gasteiger partial charge in [0.05, 0.1) is 0 Å². The second kappa shape index (κ2) is 7.01. The first-order valence-electron chi connectivity index (χ1n) is 6.52. The van der Waals surface area contributed by atoms with Crippen molar-refractivity contribution in [2.75, 3.05) is 0 Å². The lowest BCUT2D eigenvalue weighted by molar-refractivity contribution is 0.275. The van der Waals surface area contributed by atoms with Crippen molar-refractivity contribution in [1.29, 1.82) is 0 Å². The molecule has 0 saturated heterocycles. The zero-order valence-electron chi connectivity index (χ0n) is 12.4. The van der Waals surface area contributed by atoms with Crippen LogP contribution in [0.1, 0.15) is 26.3 Å². The van der Waals surface area contributed by atoms with Gasteiger partial charge in [-0.25, -0.2) is 4.57 Å². The molecule has 0 aliphatic heterocycles. The van der Waals surface area contributed by atoms with Crippen LogP contribution in [0, 0.1) is 0 Å². The molecule has 0 aliphatic rings. The van der Waals surface area contributed by atoms with E-state index in [4.69, 9.17) is 19.2 Å². The van der Waals surface area contributed by atoms with E-state index in [0.717, 1.165) is 0 Å². The summed E-state index contributed by atoms with van der Waals surface area (Å²) in [7, 11) is -4.64. The van der Waals surface area contributed by atoms with Crippen LogP contribution in [0.3, 0.4) is 0 Å². The third kappa shape index (κ3) is 6.69. The van der Waals surface area contributed by atoms with Crippen molar-refractivity contribution in [3.63, 3.8) is 0 Å². The Hall–Kier alpha value is -1.45. The molecule has 0 heterocycles. The summed E-state index contributed by atoms with van der Waals surface area (Å²) in [4.78, 5) is 21.6. The molecule has 0 fully saturated rings. The van der Waals surface area contributed by atoms with Crippen molar-refractivity contribution >= 4 is 7.82 Å². The normalized spacial score (nSPS) is 11.5. The summed E-state index contributed by atoms with van der Waals surface area (Å²) in [6, 6.07) is 19.2. The number of hydrogen-bond acceptors (Lipinski definition) is 1. The van der Waals surface area contributed by atoms with Gasteiger partial charge in [-0.15, -0.1) is 0 Å². The van der Waals surface area contributed by atoms with Gasteiger partial charge in [-0.05, 0) is 22.1 Å². The van der Waals surface area contributed by atoms with E-state index in [9.17, 15) is 0 Å². The molecule has 0 atom stereocenters. The Balaban J connectivity index is 0.000000383. The van der Waals surface area contributed by atoms with Crippen LogP contribution in [0.2, 0.25) is 0 Å². The monoisotopic (exact) mass is 308 g/mol. The van der Waals surface area contributed by atoms with Gasteiger partial charge in [-0.2, -0.15) is 0 Å². The molecule has 0 bridgehead atoms. The maximum atomic E-state index is 8.88. The second-order valence-corrected chi connectivity index (χ2v) is 6.70. The molecular formula is C16H21O4P. The van der Waals surface area contributed by atoms with Gasteiger partial charge in [0.25, 0.3) is 0 Å². The standard InChI is InChI=1S/C16H18.H3O4P/c1-16(2,3)15-12-8-7-11-14(15)13-9-5-4-6-10-13;1-5(2,3)4/h4-12H,1-3H3;(H3,1,2,3,4). The molecule has 114 valence electrons. The summed E-state index contributed by atoms with van der Waals surface area (Å²) < 4.78 is 8.88. The molecular weight excluding hydrogens is 287 g/mol. The summed E-state index contributed by atoms with van der Waals surface area (Å²) in [6.07, 6.45) is 0. The summed E-state index contributed by atoms with van der Waals surface area (Å²) in [5, 5.41) is 0. The quantitative estimate of drug-likeness (QED) is 0.702. The van der Waals surface area contributed by atoms with Crippen LogP contribution in [0.4, 0.5) is 0 Å². The van der Waals surface area contributed by atoms with E-state index in [1.54, 1.807) is 0 Å². The largest absolute Gasteiger partial charge is 0.466 e. The van der Waals surface area contributed by atoms with Gasteiger partial charge in [0, 0.05) is 0 Å². The minimum atomic E-state index is -4.64. The molecule has 0 aliphatic carbocycles. The Morgan fingerprint density at radius 1 is 0.810 bits per heavy atom. The molecule has 2 aromatic rings. The summed E-state index contributed by atoms with van der Waals surface area (Å²) in [6.45, 7) is 6.78. The van der Waals surface area contributed by atoms with E-state index in [1.807, 2.05) is 0 Å². The fourth-order valence-corrected chi connectivity index (χ4v) is 2.01. The maximum absolute atomic E-state index is 8.88. The van der Waals surface area contributed by atoms with Gasteiger partial charge in [-0.3, -0.25) is 0 Å². The minimum Gasteiger partial charge on any atom is -0.303 e. The van der Waals surface area contributed by atoms with Gasteiger partial charge in [-0.1, -0.05) is 75.4 Å². The second-order valence-electron chi connectivity index (χ2n) is 5.67. The highest BCUT2D eigenvalue weighted by Crippen LogP contribution is 2.32. The van der Waals surface area contributed by atoms with E-state index in [2.05, 4.69) is 75.4 Å². The van der Waals surface area contributed by atoms with E-state index in [1.165, 1.54) is 16.7 Å². The molecule has 4 nitrogen and oxygen atoms in total. The molecule has 0 aromatic heterocycles. The van der Waals surface area contributed by atoms with Crippen LogP contribution in [-0.4, -0.2) is 14.7 Å². The SMILES string of the molecule is CC(C)(C)c1ccccc1-c1ccccc1.O=P(O)(O)O. The predicted octanol–water partition coefficient (Wildman–Crippen LogP) is 3.72. The third-order valence-corrected chi connectivity index (χ3v) is 2.82. The van der Waals surface area contributed by atoms with Crippen molar-refractivity contribution in [2.24, 2.45) is 0 Å².